The molecule has 0 aromatic carbocycles. The van der Waals surface area contributed by atoms with Crippen molar-refractivity contribution >= 4 is 35.5 Å². The van der Waals surface area contributed by atoms with Crippen molar-refractivity contribution in [3.05, 3.63) is 0 Å². The van der Waals surface area contributed by atoms with E-state index in [9.17, 15) is 151 Å². The summed E-state index contributed by atoms with van der Waals surface area (Å²) in [6, 6.07) is -9.53. The second kappa shape index (κ2) is 42.0. The molecule has 52 nitrogen and oxygen atoms in total. The maximum Gasteiger partial charge on any atom is 0.364 e. The predicted octanol–water partition coefficient (Wildman–Crippen LogP) is -18.6. The molecule has 0 saturated carbocycles. The smallest absolute Gasteiger partial charge is 0.364 e. The molecule has 686 valence electrons. The average molecular weight is 1740 g/mol. The van der Waals surface area contributed by atoms with Gasteiger partial charge in [0.1, 0.15) is 201 Å². The number of nitrogens with one attached hydrogen (secondary N) is 5. The van der Waals surface area contributed by atoms with Gasteiger partial charge in [-0.05, 0) is 13.8 Å². The van der Waals surface area contributed by atoms with Gasteiger partial charge in [0.25, 0.3) is 5.79 Å². The molecule has 9 aliphatic heterocycles. The van der Waals surface area contributed by atoms with E-state index in [-0.39, 0.29) is 0 Å². The number of aliphatic hydroxyl groups excluding tert-OH is 23. The lowest BCUT2D eigenvalue weighted by atomic mass is 9.88. The normalized spacial score (nSPS) is 47.2. The molecule has 9 saturated heterocycles. The third-order valence-corrected chi connectivity index (χ3v) is 21.7. The molecule has 0 spiro atoms. The zero-order valence-electron chi connectivity index (χ0n) is 64.8. The summed E-state index contributed by atoms with van der Waals surface area (Å²) in [5, 5.41) is 280. The molecule has 52 heteroatoms. The van der Waals surface area contributed by atoms with E-state index < -0.39 is 370 Å². The molecule has 1 unspecified atom stereocenters. The molecule has 0 bridgehead atoms. The van der Waals surface area contributed by atoms with Gasteiger partial charge in [0.05, 0.1) is 70.6 Å². The summed E-state index contributed by atoms with van der Waals surface area (Å²) >= 11 is 0. The Balaban J connectivity index is 1.06. The van der Waals surface area contributed by atoms with Crippen molar-refractivity contribution in [3.8, 4) is 0 Å². The Morgan fingerprint density at radius 2 is 0.706 bits per heavy atom. The van der Waals surface area contributed by atoms with Gasteiger partial charge in [0.15, 0.2) is 50.3 Å². The van der Waals surface area contributed by atoms with E-state index in [1.807, 2.05) is 0 Å². The van der Waals surface area contributed by atoms with Crippen LogP contribution < -0.4 is 26.6 Å². The van der Waals surface area contributed by atoms with E-state index in [2.05, 4.69) is 26.6 Å². The van der Waals surface area contributed by atoms with Crippen LogP contribution >= 0.6 is 0 Å². The monoisotopic (exact) mass is 1740 g/mol. The summed E-state index contributed by atoms with van der Waals surface area (Å²) in [7, 11) is 0. The first-order valence-electron chi connectivity index (χ1n) is 38.0. The fourth-order valence-corrected chi connectivity index (χ4v) is 15.5. The van der Waals surface area contributed by atoms with Crippen LogP contribution in [0.3, 0.4) is 0 Å². The maximum absolute atomic E-state index is 13.7. The lowest BCUT2D eigenvalue weighted by Crippen LogP contribution is -2.72. The minimum absolute atomic E-state index is 0.812. The Hall–Kier alpha value is -4.78. The van der Waals surface area contributed by atoms with Gasteiger partial charge in [-0.2, -0.15) is 0 Å². The standard InChI is InChI=1S/C67H111N5O47/c1-16-36(86)43(93)46(96)62(104-16)113-51-28(13-77)110-61(35(72-22(7)83)56(51)117-64-48(98)45(95)50(27(12-76)111-64)112-59-32(69-19(4)80)42(92)39(89)25(10-74)107-59)118-57-40(90)26(11-75)108-65(49(57)99)114-52-29(14-78)109-60(34(71-21(6)82)55(52)116-63-47(97)44(94)37(87)17(2)105-63)115-53-33(70-20(5)81)58(100)106-30(41(53)91)15-103-67(66(101)102)8-23(84)31(68-18(3)79)54(119-67)38(88)24(85)9-73/h16-17,23-65,73-78,84-100H,8-15H2,1-7H3,(H,68,79)(H,69,80)(H,70,81)(H,71,82)(H,72,83)(H,101,102)/t16-,17-,23-,24+,25+,26+,27+,28+,29+,30+,31+,32+,33+,34+,35+,36+,37+,38+,39+,40-,41-,42+,43+,44+,45+,46-,47-,48+,49+,50-,51+,52+,53+,54+,55+,56+,57-,58?,59+,60-,61-,62-,63-,64-,65-,67+/m0/s1. The van der Waals surface area contributed by atoms with Gasteiger partial charge in [-0.3, -0.25) is 24.0 Å². The van der Waals surface area contributed by atoms with Gasteiger partial charge in [-0.25, -0.2) is 4.79 Å². The second-order valence-corrected chi connectivity index (χ2v) is 30.3. The minimum Gasteiger partial charge on any atom is -0.477 e. The van der Waals surface area contributed by atoms with Crippen LogP contribution in [0.4, 0.5) is 0 Å². The third-order valence-electron chi connectivity index (χ3n) is 21.7. The van der Waals surface area contributed by atoms with Crippen molar-refractivity contribution in [3.63, 3.8) is 0 Å². The van der Waals surface area contributed by atoms with E-state index in [0.717, 1.165) is 34.6 Å². The van der Waals surface area contributed by atoms with Gasteiger partial charge in [-0.15, -0.1) is 0 Å². The quantitative estimate of drug-likeness (QED) is 0.0306. The van der Waals surface area contributed by atoms with E-state index >= 15 is 0 Å². The van der Waals surface area contributed by atoms with Gasteiger partial charge in [0.2, 0.25) is 29.5 Å². The first-order valence-corrected chi connectivity index (χ1v) is 38.0. The highest BCUT2D eigenvalue weighted by molar-refractivity contribution is 5.77. The van der Waals surface area contributed by atoms with Crippen LogP contribution in [-0.2, 0) is 109 Å². The number of hydrogen-bond acceptors (Lipinski definition) is 46. The van der Waals surface area contributed by atoms with Gasteiger partial charge in [0, 0.05) is 41.0 Å². The maximum atomic E-state index is 13.7. The van der Waals surface area contributed by atoms with Crippen molar-refractivity contribution in [2.24, 2.45) is 0 Å². The molecule has 29 N–H and O–H groups in total. The van der Waals surface area contributed by atoms with Gasteiger partial charge < -0.3 is 230 Å². The summed E-state index contributed by atoms with van der Waals surface area (Å²) in [5.41, 5.74) is 0. The molecule has 9 aliphatic rings. The zero-order chi connectivity index (χ0) is 88.2. The third kappa shape index (κ3) is 21.8. The Labute approximate surface area is 674 Å². The number of rotatable bonds is 31. The highest BCUT2D eigenvalue weighted by Gasteiger charge is 2.63. The molecule has 0 radical (unpaired) electrons. The molecule has 9 rings (SSSR count). The summed E-state index contributed by atoms with van der Waals surface area (Å²) in [5.74, 6) is -9.89. The largest absolute Gasteiger partial charge is 0.477 e. The van der Waals surface area contributed by atoms with Crippen LogP contribution in [0, 0.1) is 0 Å². The molecule has 119 heavy (non-hydrogen) atoms. The Morgan fingerprint density at radius 3 is 1.17 bits per heavy atom. The van der Waals surface area contributed by atoms with E-state index in [1.165, 1.54) is 13.8 Å². The lowest BCUT2D eigenvalue weighted by molar-refractivity contribution is -0.398. The molecule has 9 heterocycles. The lowest BCUT2D eigenvalue weighted by Gasteiger charge is -2.53. The van der Waals surface area contributed by atoms with E-state index in [1.54, 1.807) is 0 Å². The molecule has 0 aromatic rings. The number of amides is 5. The van der Waals surface area contributed by atoms with E-state index in [0.29, 0.717) is 0 Å². The highest BCUT2D eigenvalue weighted by atomic mass is 16.8. The van der Waals surface area contributed by atoms with Gasteiger partial charge in [-0.1, -0.05) is 0 Å². The van der Waals surface area contributed by atoms with Crippen molar-refractivity contribution in [2.45, 2.75) is 337 Å². The van der Waals surface area contributed by atoms with Crippen molar-refractivity contribution < 1.29 is 232 Å². The predicted molar refractivity (Wildman–Crippen MR) is 369 cm³/mol. The Bertz CT molecular complexity index is 3300. The molecule has 9 fully saturated rings. The summed E-state index contributed by atoms with van der Waals surface area (Å²) in [6.07, 6.45) is -84.9. The first kappa shape index (κ1) is 98.0. The summed E-state index contributed by atoms with van der Waals surface area (Å²) in [6.45, 7) is -1.17. The first-order chi connectivity index (χ1) is 56.0. The van der Waals surface area contributed by atoms with Crippen LogP contribution in [0.25, 0.3) is 0 Å². The number of carbonyl (C=O) groups is 6. The van der Waals surface area contributed by atoms with Crippen molar-refractivity contribution in [2.75, 3.05) is 46.2 Å². The van der Waals surface area contributed by atoms with E-state index in [4.69, 9.17) is 80.5 Å². The number of carboxylic acids is 1. The number of aliphatic carboxylic acids is 1. The topological polar surface area (TPSA) is 805 Å². The number of ether oxygens (including phenoxy) is 17. The molecule has 0 aliphatic carbocycles. The minimum atomic E-state index is -3.12. The summed E-state index contributed by atoms with van der Waals surface area (Å²) < 4.78 is 103. The fourth-order valence-electron chi connectivity index (χ4n) is 15.5. The number of carbonyl (C=O) groups excluding carboxylic acids is 5. The van der Waals surface area contributed by atoms with Crippen molar-refractivity contribution in [1.82, 2.24) is 26.6 Å². The fraction of sp³-hybridized carbons (Fsp3) is 0.910. The average Bonchev–Trinajstić information content (AvgIpc) is 0.761. The van der Waals surface area contributed by atoms with Crippen LogP contribution in [0.15, 0.2) is 0 Å². The van der Waals surface area contributed by atoms with Crippen molar-refractivity contribution in [1.29, 1.82) is 0 Å². The van der Waals surface area contributed by atoms with Crippen LogP contribution in [-0.4, -0.2) is 486 Å². The number of aliphatic hydroxyl groups is 23. The molecular weight excluding hydrogens is 1630 g/mol. The highest BCUT2D eigenvalue weighted by Crippen LogP contribution is 2.42. The second-order valence-electron chi connectivity index (χ2n) is 30.3. The molecule has 0 aromatic heterocycles. The molecule has 5 amide bonds. The molecular formula is C67H111N5O47. The SMILES string of the molecule is CC(=O)N[C@H]1[C@@H](O[C@@H]2[C@H](O)[C@@H](O)[C@H](O[C@@H]3[C@@H](NC(C)=O)[C@H](O[C@H]4[C@@H](O)[C@@H](CO)O[C@@H](O[C@H]5[C@H](O[C@@H]6O[C@@H](C)[C@@H](O)[C@@H](O)[C@@H]6O)[C@@H](NC(C)=O)[C@H](O[C@H]6[C@@H](O)[C@@H](CO[C@]7(C(=O)O)C[C@H](O)[C@@H](NC(C)=O)[C@H]([C@H](O)[C@H](O)CO)O7)OC(O)[C@@H]6NC(C)=O)O[C@@H]5CO)[C@@H]4O)O[C@H](CO)[C@H]3O[C@@H]3O[C@@H](C)[C@@H](O)[C@@H](O)[C@@H]3O)O[C@@H]2CO)O[C@H](CO)[C@@H](O)[C@@H]1O. The van der Waals surface area contributed by atoms with Crippen LogP contribution in [0.5, 0.6) is 0 Å². The Morgan fingerprint density at radius 1 is 0.353 bits per heavy atom. The van der Waals surface area contributed by atoms with Crippen LogP contribution in [0.1, 0.15) is 54.9 Å². The Kier molecular flexibility index (Phi) is 34.6. The zero-order valence-corrected chi connectivity index (χ0v) is 64.8. The van der Waals surface area contributed by atoms with Crippen LogP contribution in [0.2, 0.25) is 0 Å². The number of carboxylic acid groups (broad SMARTS) is 1. The van der Waals surface area contributed by atoms with Gasteiger partial charge >= 0.3 is 5.97 Å². The summed E-state index contributed by atoms with van der Waals surface area (Å²) in [4.78, 5) is 78.0. The molecule has 46 atom stereocenters. The number of hydrogen-bond donors (Lipinski definition) is 29.